The molecule has 1 aliphatic heterocycles. The van der Waals surface area contributed by atoms with Crippen LogP contribution in [0.2, 0.25) is 0 Å². The van der Waals surface area contributed by atoms with Gasteiger partial charge in [-0.2, -0.15) is 0 Å². The molecule has 0 aromatic heterocycles. The SMILES string of the molecule is CC(=O)OCCCCCCN1CCCCCC1=O. The van der Waals surface area contributed by atoms with Crippen molar-refractivity contribution >= 4 is 11.9 Å². The highest BCUT2D eigenvalue weighted by atomic mass is 16.5. The second kappa shape index (κ2) is 8.95. The van der Waals surface area contributed by atoms with E-state index in [0.29, 0.717) is 12.5 Å². The van der Waals surface area contributed by atoms with Crippen LogP contribution in [0.3, 0.4) is 0 Å². The van der Waals surface area contributed by atoms with E-state index in [2.05, 4.69) is 0 Å². The lowest BCUT2D eigenvalue weighted by molar-refractivity contribution is -0.141. The molecule has 1 amide bonds. The van der Waals surface area contributed by atoms with Crippen LogP contribution in [0.25, 0.3) is 0 Å². The molecule has 0 spiro atoms. The first kappa shape index (κ1) is 15.0. The molecule has 0 aromatic rings. The predicted octanol–water partition coefficient (Wildman–Crippen LogP) is 2.51. The fraction of sp³-hybridized carbons (Fsp3) is 0.857. The van der Waals surface area contributed by atoms with E-state index >= 15 is 0 Å². The van der Waals surface area contributed by atoms with Gasteiger partial charge in [-0.15, -0.1) is 0 Å². The molecule has 0 aliphatic carbocycles. The van der Waals surface area contributed by atoms with Gasteiger partial charge in [0.2, 0.25) is 5.91 Å². The summed E-state index contributed by atoms with van der Waals surface area (Å²) in [6.07, 6.45) is 8.27. The molecule has 0 N–H and O–H groups in total. The highest BCUT2D eigenvalue weighted by Crippen LogP contribution is 2.12. The summed E-state index contributed by atoms with van der Waals surface area (Å²) >= 11 is 0. The van der Waals surface area contributed by atoms with Crippen LogP contribution in [0.5, 0.6) is 0 Å². The molecule has 1 saturated heterocycles. The Hall–Kier alpha value is -1.06. The minimum Gasteiger partial charge on any atom is -0.466 e. The summed E-state index contributed by atoms with van der Waals surface area (Å²) in [4.78, 5) is 24.3. The lowest BCUT2D eigenvalue weighted by atomic mass is 10.2. The van der Waals surface area contributed by atoms with Gasteiger partial charge in [0, 0.05) is 26.4 Å². The van der Waals surface area contributed by atoms with Gasteiger partial charge >= 0.3 is 5.97 Å². The van der Waals surface area contributed by atoms with Gasteiger partial charge in [0.15, 0.2) is 0 Å². The van der Waals surface area contributed by atoms with Crippen molar-refractivity contribution in [2.45, 2.75) is 58.3 Å². The molecule has 0 saturated carbocycles. The summed E-state index contributed by atoms with van der Waals surface area (Å²) in [6.45, 7) is 3.79. The number of rotatable bonds is 7. The van der Waals surface area contributed by atoms with Gasteiger partial charge in [-0.05, 0) is 32.1 Å². The fourth-order valence-electron chi connectivity index (χ4n) is 2.25. The van der Waals surface area contributed by atoms with Crippen molar-refractivity contribution in [2.75, 3.05) is 19.7 Å². The highest BCUT2D eigenvalue weighted by molar-refractivity contribution is 5.76. The molecule has 0 unspecified atom stereocenters. The maximum absolute atomic E-state index is 11.7. The summed E-state index contributed by atoms with van der Waals surface area (Å²) in [5, 5.41) is 0. The molecule has 1 fully saturated rings. The number of amides is 1. The third-order valence-corrected chi connectivity index (χ3v) is 3.30. The number of carbonyl (C=O) groups excluding carboxylic acids is 2. The maximum Gasteiger partial charge on any atom is 0.302 e. The van der Waals surface area contributed by atoms with E-state index in [-0.39, 0.29) is 5.97 Å². The predicted molar refractivity (Wildman–Crippen MR) is 70.1 cm³/mol. The second-order valence-corrected chi connectivity index (χ2v) is 4.95. The average Bonchev–Trinajstić information content (AvgIpc) is 2.53. The molecule has 1 aliphatic rings. The highest BCUT2D eigenvalue weighted by Gasteiger charge is 2.15. The molecule has 0 radical (unpaired) electrons. The number of esters is 1. The molecule has 1 heterocycles. The zero-order valence-corrected chi connectivity index (χ0v) is 11.5. The van der Waals surface area contributed by atoms with Gasteiger partial charge in [-0.3, -0.25) is 9.59 Å². The van der Waals surface area contributed by atoms with Gasteiger partial charge in [0.25, 0.3) is 0 Å². The smallest absolute Gasteiger partial charge is 0.302 e. The molecule has 18 heavy (non-hydrogen) atoms. The third-order valence-electron chi connectivity index (χ3n) is 3.30. The second-order valence-electron chi connectivity index (χ2n) is 4.95. The van der Waals surface area contributed by atoms with E-state index in [0.717, 1.165) is 58.0 Å². The lowest BCUT2D eigenvalue weighted by Gasteiger charge is -2.20. The molecule has 0 atom stereocenters. The van der Waals surface area contributed by atoms with Gasteiger partial charge in [-0.1, -0.05) is 12.8 Å². The van der Waals surface area contributed by atoms with Crippen LogP contribution in [0, 0.1) is 0 Å². The Morgan fingerprint density at radius 1 is 1.17 bits per heavy atom. The number of carbonyl (C=O) groups is 2. The van der Waals surface area contributed by atoms with Gasteiger partial charge in [0.05, 0.1) is 6.61 Å². The van der Waals surface area contributed by atoms with Crippen molar-refractivity contribution in [1.29, 1.82) is 0 Å². The summed E-state index contributed by atoms with van der Waals surface area (Å²) in [5.41, 5.74) is 0. The zero-order valence-electron chi connectivity index (χ0n) is 11.5. The number of hydrogen-bond donors (Lipinski definition) is 0. The summed E-state index contributed by atoms with van der Waals surface area (Å²) in [6, 6.07) is 0. The van der Waals surface area contributed by atoms with Crippen molar-refractivity contribution in [3.05, 3.63) is 0 Å². The number of hydrogen-bond acceptors (Lipinski definition) is 3. The number of nitrogens with zero attached hydrogens (tertiary/aromatic N) is 1. The van der Waals surface area contributed by atoms with Gasteiger partial charge in [-0.25, -0.2) is 0 Å². The maximum atomic E-state index is 11.7. The number of likely N-dealkylation sites (tertiary alicyclic amines) is 1. The van der Waals surface area contributed by atoms with Crippen LogP contribution in [-0.2, 0) is 14.3 Å². The van der Waals surface area contributed by atoms with Crippen LogP contribution in [-0.4, -0.2) is 36.5 Å². The van der Waals surface area contributed by atoms with Gasteiger partial charge < -0.3 is 9.64 Å². The molecule has 104 valence electrons. The Morgan fingerprint density at radius 2 is 1.94 bits per heavy atom. The fourth-order valence-corrected chi connectivity index (χ4v) is 2.25. The average molecular weight is 255 g/mol. The summed E-state index contributed by atoms with van der Waals surface area (Å²) in [7, 11) is 0. The monoisotopic (exact) mass is 255 g/mol. The van der Waals surface area contributed by atoms with Crippen molar-refractivity contribution in [2.24, 2.45) is 0 Å². The van der Waals surface area contributed by atoms with E-state index in [1.54, 1.807) is 0 Å². The third kappa shape index (κ3) is 6.62. The van der Waals surface area contributed by atoms with E-state index in [9.17, 15) is 9.59 Å². The van der Waals surface area contributed by atoms with Crippen LogP contribution in [0.4, 0.5) is 0 Å². The topological polar surface area (TPSA) is 46.6 Å². The normalized spacial score (nSPS) is 16.5. The Bertz CT molecular complexity index is 266. The number of unbranched alkanes of at least 4 members (excludes halogenated alkanes) is 3. The molecule has 4 heteroatoms. The van der Waals surface area contributed by atoms with Crippen molar-refractivity contribution in [1.82, 2.24) is 4.90 Å². The zero-order chi connectivity index (χ0) is 13.2. The number of ether oxygens (including phenoxy) is 1. The Morgan fingerprint density at radius 3 is 2.72 bits per heavy atom. The van der Waals surface area contributed by atoms with Crippen molar-refractivity contribution < 1.29 is 14.3 Å². The minimum atomic E-state index is -0.204. The molecule has 0 bridgehead atoms. The molecule has 1 rings (SSSR count). The van der Waals surface area contributed by atoms with E-state index < -0.39 is 0 Å². The lowest BCUT2D eigenvalue weighted by Crippen LogP contribution is -2.31. The quantitative estimate of drug-likeness (QED) is 0.519. The van der Waals surface area contributed by atoms with Crippen LogP contribution in [0.1, 0.15) is 58.3 Å². The van der Waals surface area contributed by atoms with Crippen LogP contribution < -0.4 is 0 Å². The summed E-state index contributed by atoms with van der Waals surface area (Å²) in [5.74, 6) is 0.123. The first-order valence-electron chi connectivity index (χ1n) is 7.11. The molecular formula is C14H25NO3. The molecule has 0 aromatic carbocycles. The van der Waals surface area contributed by atoms with E-state index in [1.165, 1.54) is 13.3 Å². The van der Waals surface area contributed by atoms with Crippen LogP contribution >= 0.6 is 0 Å². The molecular weight excluding hydrogens is 230 g/mol. The summed E-state index contributed by atoms with van der Waals surface area (Å²) < 4.78 is 4.87. The first-order valence-corrected chi connectivity index (χ1v) is 7.11. The van der Waals surface area contributed by atoms with E-state index in [4.69, 9.17) is 4.74 Å². The Balaban J connectivity index is 1.99. The Kier molecular flexibility index (Phi) is 7.46. The standard InChI is InChI=1S/C14H25NO3/c1-13(16)18-12-8-3-2-6-10-15-11-7-4-5-9-14(15)17/h2-12H2,1H3. The van der Waals surface area contributed by atoms with Gasteiger partial charge in [0.1, 0.15) is 0 Å². The first-order chi connectivity index (χ1) is 8.70. The van der Waals surface area contributed by atoms with Crippen molar-refractivity contribution in [3.8, 4) is 0 Å². The van der Waals surface area contributed by atoms with Crippen LogP contribution in [0.15, 0.2) is 0 Å². The van der Waals surface area contributed by atoms with E-state index in [1.807, 2.05) is 4.90 Å². The molecule has 4 nitrogen and oxygen atoms in total. The minimum absolute atomic E-state index is 0.204. The van der Waals surface area contributed by atoms with Crippen molar-refractivity contribution in [3.63, 3.8) is 0 Å². The largest absolute Gasteiger partial charge is 0.466 e. The Labute approximate surface area is 110 Å².